The van der Waals surface area contributed by atoms with Gasteiger partial charge >= 0.3 is 27.2 Å². The van der Waals surface area contributed by atoms with Crippen LogP contribution in [0, 0.1) is 0 Å². The second-order valence-corrected chi connectivity index (χ2v) is 7.91. The molecule has 0 amide bonds. The summed E-state index contributed by atoms with van der Waals surface area (Å²) in [5.41, 5.74) is 0. The number of hydrogen-bond acceptors (Lipinski definition) is 3. The van der Waals surface area contributed by atoms with E-state index in [-0.39, 0.29) is 12.8 Å². The Balaban J connectivity index is 0. The molecule has 0 aliphatic heterocycles. The summed E-state index contributed by atoms with van der Waals surface area (Å²) in [5, 5.41) is -3.46. The van der Waals surface area contributed by atoms with Crippen LogP contribution in [0.2, 0.25) is 0 Å². The molecule has 0 bridgehead atoms. The highest BCUT2D eigenvalue weighted by molar-refractivity contribution is 7.87. The molecule has 1 unspecified atom stereocenters. The van der Waals surface area contributed by atoms with Crippen LogP contribution in [0.15, 0.2) is 25.3 Å². The molecule has 0 radical (unpaired) electrons. The standard InChI is InChI=1S/C12H19F7O3S.C6H11N/c1-2-3-4-5-6-7-8-9(13)10(14,15)11(16,17)12(18,19)23(20,21)22;1-3-5-7-6-4-2/h9H,2-8H2,1H3,(H,20,21,22);3-4,7H,1-2,5-6H2. The van der Waals surface area contributed by atoms with Gasteiger partial charge < -0.3 is 5.32 Å². The van der Waals surface area contributed by atoms with Crippen molar-refractivity contribution >= 4 is 10.1 Å². The summed E-state index contributed by atoms with van der Waals surface area (Å²) in [6.45, 7) is 10.7. The van der Waals surface area contributed by atoms with Crippen molar-refractivity contribution in [1.29, 1.82) is 0 Å². The first-order chi connectivity index (χ1) is 13.6. The van der Waals surface area contributed by atoms with Crippen LogP contribution in [0.3, 0.4) is 0 Å². The first-order valence-corrected chi connectivity index (χ1v) is 10.8. The van der Waals surface area contributed by atoms with E-state index in [4.69, 9.17) is 4.55 Å². The molecule has 0 spiro atoms. The number of halogens is 7. The van der Waals surface area contributed by atoms with Gasteiger partial charge in [-0.1, -0.05) is 57.6 Å². The Morgan fingerprint density at radius 1 is 0.933 bits per heavy atom. The molecular weight excluding hydrogens is 443 g/mol. The van der Waals surface area contributed by atoms with Crippen molar-refractivity contribution in [1.82, 2.24) is 5.32 Å². The third-order valence-electron chi connectivity index (χ3n) is 3.89. The van der Waals surface area contributed by atoms with Gasteiger partial charge in [-0.15, -0.1) is 13.2 Å². The fraction of sp³-hybridized carbons (Fsp3) is 0.778. The predicted molar refractivity (Wildman–Crippen MR) is 103 cm³/mol. The van der Waals surface area contributed by atoms with E-state index in [1.54, 1.807) is 0 Å². The Kier molecular flexibility index (Phi) is 14.5. The van der Waals surface area contributed by atoms with Gasteiger partial charge in [-0.05, 0) is 6.42 Å². The van der Waals surface area contributed by atoms with E-state index < -0.39 is 39.8 Å². The van der Waals surface area contributed by atoms with Gasteiger partial charge in [0, 0.05) is 13.1 Å². The van der Waals surface area contributed by atoms with E-state index in [2.05, 4.69) is 18.5 Å². The largest absolute Gasteiger partial charge is 0.438 e. The second kappa shape index (κ2) is 14.0. The van der Waals surface area contributed by atoms with Crippen LogP contribution in [0.25, 0.3) is 0 Å². The van der Waals surface area contributed by atoms with Crippen molar-refractivity contribution in [2.75, 3.05) is 13.1 Å². The highest BCUT2D eigenvalue weighted by atomic mass is 32.2. The molecular formula is C18H30F7NO3S. The van der Waals surface area contributed by atoms with Crippen LogP contribution in [0.1, 0.15) is 51.9 Å². The third-order valence-corrected chi connectivity index (χ3v) is 4.79. The number of alkyl halides is 7. The number of hydrogen-bond donors (Lipinski definition) is 2. The van der Waals surface area contributed by atoms with Gasteiger partial charge in [-0.2, -0.15) is 34.8 Å². The van der Waals surface area contributed by atoms with E-state index in [1.165, 1.54) is 0 Å². The van der Waals surface area contributed by atoms with E-state index in [0.29, 0.717) is 6.42 Å². The minimum absolute atomic E-state index is 0.242. The number of nitrogens with one attached hydrogen (secondary N) is 1. The zero-order valence-electron chi connectivity index (χ0n) is 16.8. The lowest BCUT2D eigenvalue weighted by Gasteiger charge is -2.32. The van der Waals surface area contributed by atoms with Crippen LogP contribution < -0.4 is 5.32 Å². The normalized spacial score (nSPS) is 13.9. The topological polar surface area (TPSA) is 66.4 Å². The average molecular weight is 473 g/mol. The van der Waals surface area contributed by atoms with Gasteiger partial charge in [0.2, 0.25) is 0 Å². The van der Waals surface area contributed by atoms with Crippen LogP contribution in [-0.2, 0) is 10.1 Å². The summed E-state index contributed by atoms with van der Waals surface area (Å²) in [6.07, 6.45) is 1.88. The summed E-state index contributed by atoms with van der Waals surface area (Å²) in [6, 6.07) is 0. The summed E-state index contributed by atoms with van der Waals surface area (Å²) in [5.74, 6) is -12.5. The molecule has 1 atom stereocenters. The van der Waals surface area contributed by atoms with Crippen molar-refractivity contribution in [3.05, 3.63) is 25.3 Å². The lowest BCUT2D eigenvalue weighted by Crippen LogP contribution is -2.61. The molecule has 30 heavy (non-hydrogen) atoms. The third kappa shape index (κ3) is 9.34. The molecule has 0 aliphatic carbocycles. The fourth-order valence-electron chi connectivity index (χ4n) is 2.13. The first kappa shape index (κ1) is 31.0. The molecule has 0 aliphatic rings. The number of unbranched alkanes of at least 4 members (excludes halogenated alkanes) is 5. The summed E-state index contributed by atoms with van der Waals surface area (Å²) >= 11 is 0. The predicted octanol–water partition coefficient (Wildman–Crippen LogP) is 5.77. The van der Waals surface area contributed by atoms with Crippen LogP contribution in [0.5, 0.6) is 0 Å². The maximum absolute atomic E-state index is 13.3. The molecule has 180 valence electrons. The van der Waals surface area contributed by atoms with Crippen LogP contribution in [-0.4, -0.2) is 49.3 Å². The number of rotatable bonds is 15. The molecule has 0 aromatic heterocycles. The highest BCUT2D eigenvalue weighted by Gasteiger charge is 2.79. The lowest BCUT2D eigenvalue weighted by atomic mass is 10.0. The molecule has 12 heteroatoms. The lowest BCUT2D eigenvalue weighted by molar-refractivity contribution is -0.300. The fourth-order valence-corrected chi connectivity index (χ4v) is 2.59. The van der Waals surface area contributed by atoms with Gasteiger partial charge in [-0.25, -0.2) is 4.39 Å². The molecule has 4 nitrogen and oxygen atoms in total. The van der Waals surface area contributed by atoms with E-state index in [1.807, 2.05) is 19.1 Å². The Morgan fingerprint density at radius 3 is 1.77 bits per heavy atom. The van der Waals surface area contributed by atoms with Crippen molar-refractivity contribution in [3.63, 3.8) is 0 Å². The van der Waals surface area contributed by atoms with Gasteiger partial charge in [-0.3, -0.25) is 4.55 Å². The quantitative estimate of drug-likeness (QED) is 0.137. The van der Waals surface area contributed by atoms with Crippen LogP contribution in [0.4, 0.5) is 30.7 Å². The SMILES string of the molecule is C=CCNCC=C.CCCCCCCCC(F)C(F)(F)C(F)(F)C(F)(F)S(=O)(=O)O. The smallest absolute Gasteiger partial charge is 0.310 e. The average Bonchev–Trinajstić information content (AvgIpc) is 2.64. The highest BCUT2D eigenvalue weighted by Crippen LogP contribution is 2.50. The molecule has 0 saturated carbocycles. The molecule has 0 aromatic rings. The van der Waals surface area contributed by atoms with Crippen molar-refractivity contribution in [3.8, 4) is 0 Å². The van der Waals surface area contributed by atoms with E-state index in [0.717, 1.165) is 32.4 Å². The Bertz CT molecular complexity index is 591. The molecule has 0 aromatic carbocycles. The molecule has 0 fully saturated rings. The summed E-state index contributed by atoms with van der Waals surface area (Å²) in [7, 11) is -6.84. The maximum atomic E-state index is 13.3. The molecule has 2 N–H and O–H groups in total. The van der Waals surface area contributed by atoms with E-state index in [9.17, 15) is 39.2 Å². The Morgan fingerprint density at radius 2 is 1.37 bits per heavy atom. The van der Waals surface area contributed by atoms with Gasteiger partial charge in [0.1, 0.15) is 0 Å². The van der Waals surface area contributed by atoms with E-state index >= 15 is 0 Å². The summed E-state index contributed by atoms with van der Waals surface area (Å²) < 4.78 is 120. The first-order valence-electron chi connectivity index (χ1n) is 9.32. The Labute approximate surface area is 173 Å². The minimum Gasteiger partial charge on any atom is -0.310 e. The second-order valence-electron chi connectivity index (χ2n) is 6.45. The summed E-state index contributed by atoms with van der Waals surface area (Å²) in [4.78, 5) is 0. The monoisotopic (exact) mass is 473 g/mol. The van der Waals surface area contributed by atoms with Gasteiger partial charge in [0.25, 0.3) is 0 Å². The zero-order chi connectivity index (χ0) is 24.1. The zero-order valence-corrected chi connectivity index (χ0v) is 17.6. The Hall–Kier alpha value is -1.14. The van der Waals surface area contributed by atoms with Gasteiger partial charge in [0.15, 0.2) is 6.17 Å². The van der Waals surface area contributed by atoms with Crippen molar-refractivity contribution in [2.24, 2.45) is 0 Å². The maximum Gasteiger partial charge on any atom is 0.438 e. The van der Waals surface area contributed by atoms with Gasteiger partial charge in [0.05, 0.1) is 0 Å². The molecule has 0 heterocycles. The van der Waals surface area contributed by atoms with Crippen molar-refractivity contribution < 1.29 is 43.7 Å². The minimum atomic E-state index is -6.84. The van der Waals surface area contributed by atoms with Crippen LogP contribution >= 0.6 is 0 Å². The molecule has 0 saturated heterocycles. The molecule has 0 rings (SSSR count). The van der Waals surface area contributed by atoms with Crippen molar-refractivity contribution in [2.45, 2.75) is 75.1 Å².